The summed E-state index contributed by atoms with van der Waals surface area (Å²) in [4.78, 5) is 13.7. The zero-order chi connectivity index (χ0) is 29.9. The molecule has 7 heteroatoms. The average Bonchev–Trinajstić information content (AvgIpc) is 3.45. The molecule has 2 aromatic heterocycles. The minimum Gasteiger partial charge on any atom is -0.493 e. The summed E-state index contributed by atoms with van der Waals surface area (Å²) < 4.78 is 12.6. The van der Waals surface area contributed by atoms with Crippen molar-refractivity contribution < 1.29 is 14.6 Å². The summed E-state index contributed by atoms with van der Waals surface area (Å²) in [6.45, 7) is 10.7. The lowest BCUT2D eigenvalue weighted by molar-refractivity contribution is 0.173. The summed E-state index contributed by atoms with van der Waals surface area (Å²) in [6, 6.07) is 24.7. The summed E-state index contributed by atoms with van der Waals surface area (Å²) in [5.74, 6) is 1.84. The Hall–Kier alpha value is -3.78. The number of nitrogens with zero attached hydrogens (tertiary/aromatic N) is 4. The molecule has 5 rings (SSSR count). The molecule has 7 nitrogen and oxygen atoms in total. The van der Waals surface area contributed by atoms with E-state index in [9.17, 15) is 5.11 Å². The normalized spacial score (nSPS) is 15.2. The fraction of sp³-hybridized carbons (Fsp3) is 0.389. The number of likely N-dealkylation sites (tertiary alicyclic amines) is 1. The number of β-amino-alcohol motifs (C(OH)–C–C–N with tert-alkyl or cyclic N) is 1. The minimum absolute atomic E-state index is 0.174. The Kier molecular flexibility index (Phi) is 11.1. The van der Waals surface area contributed by atoms with E-state index < -0.39 is 0 Å². The fourth-order valence-electron chi connectivity index (χ4n) is 5.74. The van der Waals surface area contributed by atoms with Gasteiger partial charge in [-0.05, 0) is 91.8 Å². The van der Waals surface area contributed by atoms with Crippen molar-refractivity contribution in [2.24, 2.45) is 0 Å². The van der Waals surface area contributed by atoms with E-state index in [1.807, 2.05) is 36.7 Å². The van der Waals surface area contributed by atoms with E-state index in [1.54, 1.807) is 0 Å². The second-order valence-corrected chi connectivity index (χ2v) is 11.4. The van der Waals surface area contributed by atoms with Gasteiger partial charge >= 0.3 is 0 Å². The van der Waals surface area contributed by atoms with Gasteiger partial charge in [0, 0.05) is 51.7 Å². The first kappa shape index (κ1) is 30.7. The van der Waals surface area contributed by atoms with Crippen LogP contribution in [0.5, 0.6) is 11.5 Å². The van der Waals surface area contributed by atoms with Gasteiger partial charge < -0.3 is 19.5 Å². The van der Waals surface area contributed by atoms with Crippen molar-refractivity contribution >= 4 is 0 Å². The summed E-state index contributed by atoms with van der Waals surface area (Å²) >= 11 is 0. The number of aliphatic hydroxyl groups is 1. The SMILES string of the molecule is Cc1c(OCCCN(Cc2ccccn2)Cc2ccccn2)cccc1-c1cccc(OCCCN2CCC(O)C2)c1C. The molecule has 1 fully saturated rings. The summed E-state index contributed by atoms with van der Waals surface area (Å²) in [7, 11) is 0. The maximum absolute atomic E-state index is 9.74. The molecule has 43 heavy (non-hydrogen) atoms. The van der Waals surface area contributed by atoms with E-state index in [-0.39, 0.29) is 6.10 Å². The van der Waals surface area contributed by atoms with Gasteiger partial charge in [0.2, 0.25) is 0 Å². The Balaban J connectivity index is 1.17. The van der Waals surface area contributed by atoms with Gasteiger partial charge in [-0.3, -0.25) is 14.9 Å². The van der Waals surface area contributed by atoms with E-state index in [0.29, 0.717) is 13.2 Å². The number of rotatable bonds is 15. The van der Waals surface area contributed by atoms with Gasteiger partial charge in [-0.15, -0.1) is 0 Å². The molecule has 0 aliphatic carbocycles. The Morgan fingerprint density at radius 3 is 1.86 bits per heavy atom. The standard InChI is InChI=1S/C36H44N4O3/c1-28-33(13-7-15-35(28)42-23-9-20-39-22-17-32(41)27-39)34-14-8-16-36(29(34)2)43-24-10-21-40(25-30-11-3-5-18-37-30)26-31-12-4-6-19-38-31/h3-8,11-16,18-19,32,41H,9-10,17,20-27H2,1-2H3. The third-order valence-electron chi connectivity index (χ3n) is 8.08. The highest BCUT2D eigenvalue weighted by Gasteiger charge is 2.19. The molecular weight excluding hydrogens is 536 g/mol. The van der Waals surface area contributed by atoms with Crippen LogP contribution in [0.15, 0.2) is 85.2 Å². The Labute approximate surface area is 256 Å². The van der Waals surface area contributed by atoms with Gasteiger partial charge in [0.1, 0.15) is 11.5 Å². The van der Waals surface area contributed by atoms with Crippen LogP contribution in [0.25, 0.3) is 11.1 Å². The Morgan fingerprint density at radius 1 is 0.767 bits per heavy atom. The number of aromatic nitrogens is 2. The first-order valence-electron chi connectivity index (χ1n) is 15.4. The van der Waals surface area contributed by atoms with Gasteiger partial charge in [-0.25, -0.2) is 0 Å². The van der Waals surface area contributed by atoms with E-state index in [2.05, 4.69) is 82.1 Å². The molecule has 4 aromatic rings. The Morgan fingerprint density at radius 2 is 1.35 bits per heavy atom. The van der Waals surface area contributed by atoms with Crippen molar-refractivity contribution in [2.45, 2.75) is 52.3 Å². The second-order valence-electron chi connectivity index (χ2n) is 11.4. The predicted octanol–water partition coefficient (Wildman–Crippen LogP) is 6.07. The molecule has 0 saturated carbocycles. The first-order valence-corrected chi connectivity index (χ1v) is 15.4. The third kappa shape index (κ3) is 8.86. The number of pyridine rings is 2. The molecule has 0 bridgehead atoms. The second kappa shape index (κ2) is 15.6. The van der Waals surface area contributed by atoms with Crippen molar-refractivity contribution in [1.29, 1.82) is 0 Å². The van der Waals surface area contributed by atoms with Crippen LogP contribution < -0.4 is 9.47 Å². The zero-order valence-corrected chi connectivity index (χ0v) is 25.5. The molecule has 1 unspecified atom stereocenters. The van der Waals surface area contributed by atoms with Crippen molar-refractivity contribution in [2.75, 3.05) is 39.4 Å². The van der Waals surface area contributed by atoms with Crippen molar-refractivity contribution in [3.63, 3.8) is 0 Å². The smallest absolute Gasteiger partial charge is 0.122 e. The van der Waals surface area contributed by atoms with Gasteiger partial charge in [0.05, 0.1) is 30.7 Å². The molecule has 3 heterocycles. The molecule has 1 aliphatic rings. The Bertz CT molecular complexity index is 1380. The zero-order valence-electron chi connectivity index (χ0n) is 25.5. The molecule has 1 aliphatic heterocycles. The lowest BCUT2D eigenvalue weighted by atomic mass is 9.95. The van der Waals surface area contributed by atoms with Crippen molar-refractivity contribution in [1.82, 2.24) is 19.8 Å². The number of aliphatic hydroxyl groups excluding tert-OH is 1. The number of benzene rings is 2. The number of hydrogen-bond donors (Lipinski definition) is 1. The van der Waals surface area contributed by atoms with Gasteiger partial charge in [0.15, 0.2) is 0 Å². The molecule has 1 N–H and O–H groups in total. The summed E-state index contributed by atoms with van der Waals surface area (Å²) in [5, 5.41) is 9.74. The quantitative estimate of drug-likeness (QED) is 0.171. The highest BCUT2D eigenvalue weighted by molar-refractivity contribution is 5.74. The van der Waals surface area contributed by atoms with Crippen LogP contribution >= 0.6 is 0 Å². The van der Waals surface area contributed by atoms with Gasteiger partial charge in [-0.1, -0.05) is 36.4 Å². The number of hydrogen-bond acceptors (Lipinski definition) is 7. The van der Waals surface area contributed by atoms with Crippen molar-refractivity contribution in [3.8, 4) is 22.6 Å². The molecule has 226 valence electrons. The van der Waals surface area contributed by atoms with Gasteiger partial charge in [-0.2, -0.15) is 0 Å². The van der Waals surface area contributed by atoms with E-state index in [0.717, 1.165) is 92.5 Å². The van der Waals surface area contributed by atoms with Crippen LogP contribution in [0, 0.1) is 13.8 Å². The van der Waals surface area contributed by atoms with E-state index in [4.69, 9.17) is 9.47 Å². The largest absolute Gasteiger partial charge is 0.493 e. The topological polar surface area (TPSA) is 71.0 Å². The fourth-order valence-corrected chi connectivity index (χ4v) is 5.74. The molecule has 1 saturated heterocycles. The lowest BCUT2D eigenvalue weighted by Gasteiger charge is -2.22. The molecule has 0 amide bonds. The minimum atomic E-state index is -0.174. The maximum Gasteiger partial charge on any atom is 0.122 e. The molecule has 1 atom stereocenters. The predicted molar refractivity (Wildman–Crippen MR) is 171 cm³/mol. The van der Waals surface area contributed by atoms with Crippen LogP contribution in [-0.2, 0) is 13.1 Å². The van der Waals surface area contributed by atoms with Crippen molar-refractivity contribution in [3.05, 3.63) is 108 Å². The lowest BCUT2D eigenvalue weighted by Crippen LogP contribution is -2.26. The maximum atomic E-state index is 9.74. The van der Waals surface area contributed by atoms with Crippen LogP contribution in [0.1, 0.15) is 41.8 Å². The highest BCUT2D eigenvalue weighted by Crippen LogP contribution is 2.35. The van der Waals surface area contributed by atoms with Crippen LogP contribution in [-0.4, -0.2) is 70.4 Å². The van der Waals surface area contributed by atoms with Crippen LogP contribution in [0.4, 0.5) is 0 Å². The molecule has 2 aromatic carbocycles. The monoisotopic (exact) mass is 580 g/mol. The molecular formula is C36H44N4O3. The van der Waals surface area contributed by atoms with Crippen LogP contribution in [0.3, 0.4) is 0 Å². The molecule has 0 radical (unpaired) electrons. The number of ether oxygens (including phenoxy) is 2. The average molecular weight is 581 g/mol. The van der Waals surface area contributed by atoms with E-state index >= 15 is 0 Å². The van der Waals surface area contributed by atoms with Gasteiger partial charge in [0.25, 0.3) is 0 Å². The first-order chi connectivity index (χ1) is 21.1. The summed E-state index contributed by atoms with van der Waals surface area (Å²) in [5.41, 5.74) is 6.71. The van der Waals surface area contributed by atoms with Crippen LogP contribution in [0.2, 0.25) is 0 Å². The van der Waals surface area contributed by atoms with E-state index in [1.165, 1.54) is 11.1 Å². The molecule has 0 spiro atoms. The highest BCUT2D eigenvalue weighted by atomic mass is 16.5. The third-order valence-corrected chi connectivity index (χ3v) is 8.08. The summed E-state index contributed by atoms with van der Waals surface area (Å²) in [6.07, 6.45) is 6.23.